The van der Waals surface area contributed by atoms with Crippen LogP contribution in [-0.2, 0) is 15.9 Å². The van der Waals surface area contributed by atoms with Gasteiger partial charge in [-0.3, -0.25) is 4.98 Å². The van der Waals surface area contributed by atoms with Gasteiger partial charge < -0.3 is 14.8 Å². The van der Waals surface area contributed by atoms with Crippen molar-refractivity contribution in [3.05, 3.63) is 53.9 Å². The fourth-order valence-corrected chi connectivity index (χ4v) is 2.97. The number of carbonyl (C=O) groups excluding carboxylic acids is 1. The molecule has 0 spiro atoms. The second-order valence-corrected chi connectivity index (χ2v) is 5.44. The first-order valence-electron chi connectivity index (χ1n) is 7.75. The van der Waals surface area contributed by atoms with E-state index in [-0.39, 0.29) is 6.10 Å². The lowest BCUT2D eigenvalue weighted by atomic mass is 9.91. The van der Waals surface area contributed by atoms with Gasteiger partial charge in [0, 0.05) is 19.0 Å². The molecule has 1 aliphatic rings. The predicted molar refractivity (Wildman–Crippen MR) is 87.1 cm³/mol. The average Bonchev–Trinajstić information content (AvgIpc) is 2.82. The number of pyridine rings is 1. The number of nitrogens with zero attached hydrogens (tertiary/aromatic N) is 1. The molecule has 0 radical (unpaired) electrons. The Hall–Kier alpha value is -2.40. The van der Waals surface area contributed by atoms with Crippen LogP contribution in [0, 0.1) is 0 Å². The number of aromatic nitrogens is 1. The molecule has 5 heteroatoms. The highest BCUT2D eigenvalue weighted by atomic mass is 16.5. The highest BCUT2D eigenvalue weighted by Gasteiger charge is 2.22. The number of fused-ring (bicyclic) bond motifs is 1. The molecular weight excluding hydrogens is 292 g/mol. The molecular formula is C18H20N2O3. The Morgan fingerprint density at radius 2 is 2.17 bits per heavy atom. The quantitative estimate of drug-likeness (QED) is 0.946. The molecule has 3 rings (SSSR count). The molecule has 1 unspecified atom stereocenters. The van der Waals surface area contributed by atoms with Crippen molar-refractivity contribution in [1.82, 2.24) is 10.3 Å². The first-order valence-corrected chi connectivity index (χ1v) is 7.75. The number of benzene rings is 1. The van der Waals surface area contributed by atoms with Crippen LogP contribution in [0.15, 0.2) is 42.7 Å². The van der Waals surface area contributed by atoms with Crippen molar-refractivity contribution in [2.75, 3.05) is 20.3 Å². The Balaban J connectivity index is 1.94. The van der Waals surface area contributed by atoms with E-state index in [1.165, 1.54) is 18.2 Å². The van der Waals surface area contributed by atoms with Gasteiger partial charge in [-0.15, -0.1) is 0 Å². The first kappa shape index (κ1) is 15.5. The Kier molecular flexibility index (Phi) is 4.88. The van der Waals surface area contributed by atoms with Gasteiger partial charge in [-0.1, -0.05) is 18.2 Å². The summed E-state index contributed by atoms with van der Waals surface area (Å²) in [5.74, 6) is 0. The van der Waals surface area contributed by atoms with Crippen LogP contribution in [0.1, 0.15) is 23.7 Å². The molecule has 120 valence electrons. The average molecular weight is 312 g/mol. The summed E-state index contributed by atoms with van der Waals surface area (Å²) in [7, 11) is 1.36. The molecule has 0 aliphatic carbocycles. The lowest BCUT2D eigenvalue weighted by molar-refractivity contribution is 0.0555. The standard InChI is InChI=1S/C18H20N2O3/c1-22-18(21)20-12-17-16-5-2-4-14(13-7-9-19-10-8-13)15(16)6-3-11-23-17/h2,4-5,7-10,17H,3,6,11-12H2,1H3,(H,20,21). The number of alkyl carbamates (subject to hydrolysis) is 1. The van der Waals surface area contributed by atoms with Crippen LogP contribution < -0.4 is 5.32 Å². The molecule has 1 aromatic carbocycles. The van der Waals surface area contributed by atoms with E-state index in [2.05, 4.69) is 27.2 Å². The van der Waals surface area contributed by atoms with Gasteiger partial charge in [-0.2, -0.15) is 0 Å². The molecule has 0 fully saturated rings. The molecule has 1 atom stereocenters. The third-order valence-electron chi connectivity index (χ3n) is 4.06. The Bertz CT molecular complexity index is 673. The summed E-state index contributed by atoms with van der Waals surface area (Å²) in [5, 5.41) is 2.73. The summed E-state index contributed by atoms with van der Waals surface area (Å²) in [6, 6.07) is 10.3. The van der Waals surface area contributed by atoms with Crippen LogP contribution in [-0.4, -0.2) is 31.3 Å². The van der Waals surface area contributed by atoms with Gasteiger partial charge >= 0.3 is 6.09 Å². The van der Waals surface area contributed by atoms with Crippen molar-refractivity contribution in [2.45, 2.75) is 18.9 Å². The minimum atomic E-state index is -0.440. The first-order chi connectivity index (χ1) is 11.3. The fraction of sp³-hybridized carbons (Fsp3) is 0.333. The van der Waals surface area contributed by atoms with Crippen molar-refractivity contribution < 1.29 is 14.3 Å². The minimum absolute atomic E-state index is 0.159. The van der Waals surface area contributed by atoms with E-state index in [4.69, 9.17) is 4.74 Å². The fourth-order valence-electron chi connectivity index (χ4n) is 2.97. The molecule has 0 saturated carbocycles. The molecule has 0 saturated heterocycles. The number of rotatable bonds is 3. The summed E-state index contributed by atoms with van der Waals surface area (Å²) in [4.78, 5) is 15.4. The van der Waals surface area contributed by atoms with E-state index >= 15 is 0 Å². The van der Waals surface area contributed by atoms with Crippen LogP contribution in [0.3, 0.4) is 0 Å². The van der Waals surface area contributed by atoms with E-state index in [9.17, 15) is 4.79 Å². The zero-order chi connectivity index (χ0) is 16.1. The summed E-state index contributed by atoms with van der Waals surface area (Å²) < 4.78 is 10.6. The van der Waals surface area contributed by atoms with Crippen molar-refractivity contribution >= 4 is 6.09 Å². The number of carbonyl (C=O) groups is 1. The van der Waals surface area contributed by atoms with Crippen molar-refractivity contribution in [3.8, 4) is 11.1 Å². The number of ether oxygens (including phenoxy) is 2. The second kappa shape index (κ2) is 7.24. The Labute approximate surface area is 135 Å². The molecule has 2 heterocycles. The predicted octanol–water partition coefficient (Wildman–Crippen LogP) is 3.11. The lowest BCUT2D eigenvalue weighted by Gasteiger charge is -2.20. The molecule has 23 heavy (non-hydrogen) atoms. The molecule has 1 aliphatic heterocycles. The van der Waals surface area contributed by atoms with Crippen LogP contribution in [0.25, 0.3) is 11.1 Å². The SMILES string of the molecule is COC(=O)NCC1OCCCc2c(-c3ccncc3)cccc21. The largest absolute Gasteiger partial charge is 0.453 e. The monoisotopic (exact) mass is 312 g/mol. The van der Waals surface area contributed by atoms with Gasteiger partial charge in [-0.05, 0) is 47.2 Å². The molecule has 1 N–H and O–H groups in total. The molecule has 5 nitrogen and oxygen atoms in total. The van der Waals surface area contributed by atoms with Gasteiger partial charge in [0.25, 0.3) is 0 Å². The number of hydrogen-bond acceptors (Lipinski definition) is 4. The topological polar surface area (TPSA) is 60.5 Å². The summed E-state index contributed by atoms with van der Waals surface area (Å²) in [6.45, 7) is 1.08. The number of hydrogen-bond donors (Lipinski definition) is 1. The normalized spacial score (nSPS) is 17.0. The van der Waals surface area contributed by atoms with E-state index in [1.807, 2.05) is 18.2 Å². The van der Waals surface area contributed by atoms with Crippen molar-refractivity contribution in [1.29, 1.82) is 0 Å². The maximum absolute atomic E-state index is 11.3. The van der Waals surface area contributed by atoms with Crippen LogP contribution >= 0.6 is 0 Å². The van der Waals surface area contributed by atoms with E-state index in [0.717, 1.165) is 24.0 Å². The number of nitrogens with one attached hydrogen (secondary N) is 1. The van der Waals surface area contributed by atoms with E-state index in [0.29, 0.717) is 13.2 Å². The summed E-state index contributed by atoms with van der Waals surface area (Å²) in [5.41, 5.74) is 4.78. The van der Waals surface area contributed by atoms with Gasteiger partial charge in [0.1, 0.15) is 6.10 Å². The van der Waals surface area contributed by atoms with Gasteiger partial charge in [0.05, 0.1) is 13.7 Å². The Morgan fingerprint density at radius 1 is 1.35 bits per heavy atom. The van der Waals surface area contributed by atoms with E-state index < -0.39 is 6.09 Å². The molecule has 1 amide bonds. The van der Waals surface area contributed by atoms with Crippen molar-refractivity contribution in [3.63, 3.8) is 0 Å². The lowest BCUT2D eigenvalue weighted by Crippen LogP contribution is -2.29. The van der Waals surface area contributed by atoms with Gasteiger partial charge in [0.15, 0.2) is 0 Å². The highest BCUT2D eigenvalue weighted by Crippen LogP contribution is 2.33. The number of methoxy groups -OCH3 is 1. The minimum Gasteiger partial charge on any atom is -0.453 e. The number of amides is 1. The van der Waals surface area contributed by atoms with Gasteiger partial charge in [0.2, 0.25) is 0 Å². The smallest absolute Gasteiger partial charge is 0.406 e. The van der Waals surface area contributed by atoms with Crippen LogP contribution in [0.4, 0.5) is 4.79 Å². The van der Waals surface area contributed by atoms with Crippen LogP contribution in [0.2, 0.25) is 0 Å². The van der Waals surface area contributed by atoms with Crippen molar-refractivity contribution in [2.24, 2.45) is 0 Å². The summed E-state index contributed by atoms with van der Waals surface area (Å²) in [6.07, 6.45) is 4.93. The molecule has 1 aromatic heterocycles. The maximum atomic E-state index is 11.3. The third-order valence-corrected chi connectivity index (χ3v) is 4.06. The maximum Gasteiger partial charge on any atom is 0.406 e. The highest BCUT2D eigenvalue weighted by molar-refractivity contribution is 5.69. The third kappa shape index (κ3) is 3.51. The zero-order valence-electron chi connectivity index (χ0n) is 13.1. The molecule has 2 aromatic rings. The second-order valence-electron chi connectivity index (χ2n) is 5.44. The zero-order valence-corrected chi connectivity index (χ0v) is 13.1. The van der Waals surface area contributed by atoms with E-state index in [1.54, 1.807) is 12.4 Å². The van der Waals surface area contributed by atoms with Gasteiger partial charge in [-0.25, -0.2) is 4.79 Å². The van der Waals surface area contributed by atoms with Crippen LogP contribution in [0.5, 0.6) is 0 Å². The Morgan fingerprint density at radius 3 is 2.96 bits per heavy atom. The molecule has 0 bridgehead atoms. The summed E-state index contributed by atoms with van der Waals surface area (Å²) >= 11 is 0.